The van der Waals surface area contributed by atoms with Gasteiger partial charge in [0, 0.05) is 13.2 Å². The summed E-state index contributed by atoms with van der Waals surface area (Å²) >= 11 is 0. The molecule has 2 aromatic rings. The molecule has 0 saturated carbocycles. The first kappa shape index (κ1) is 9.75. The van der Waals surface area contributed by atoms with Crippen molar-refractivity contribution in [1.29, 1.82) is 0 Å². The van der Waals surface area contributed by atoms with Crippen molar-refractivity contribution in [3.63, 3.8) is 0 Å². The van der Waals surface area contributed by atoms with Gasteiger partial charge in [0.05, 0.1) is 0 Å². The zero-order valence-electron chi connectivity index (χ0n) is 7.62. The molecule has 7 heteroatoms. The van der Waals surface area contributed by atoms with Gasteiger partial charge in [0.2, 0.25) is 5.89 Å². The summed E-state index contributed by atoms with van der Waals surface area (Å²) in [6.07, 6.45) is -2.33. The van der Waals surface area contributed by atoms with E-state index in [4.69, 9.17) is 0 Å². The minimum absolute atomic E-state index is 0.136. The molecule has 0 aliphatic heterocycles. The number of alkyl halides is 3. The Kier molecular flexibility index (Phi) is 2.02. The Bertz CT molecular complexity index is 471. The van der Waals surface area contributed by atoms with Gasteiger partial charge >= 0.3 is 6.18 Å². The molecule has 0 atom stereocenters. The fourth-order valence-corrected chi connectivity index (χ4v) is 1.05. The van der Waals surface area contributed by atoms with Crippen LogP contribution in [-0.4, -0.2) is 14.8 Å². The van der Waals surface area contributed by atoms with E-state index in [1.54, 1.807) is 13.2 Å². The first-order valence-corrected chi connectivity index (χ1v) is 3.99. The number of aryl methyl sites for hydroxylation is 1. The second kappa shape index (κ2) is 3.11. The minimum Gasteiger partial charge on any atom is -0.443 e. The Labute approximate surface area is 82.3 Å². The largest absolute Gasteiger partial charge is 0.443 e. The lowest BCUT2D eigenvalue weighted by Crippen LogP contribution is -2.04. The molecule has 15 heavy (non-hydrogen) atoms. The molecule has 0 aliphatic rings. The standard InChI is InChI=1S/C8H6F3N3O/c1-14-3-2-5(13-14)7-12-6(4-15-7)8(9,10)11/h2-4H,1H3. The van der Waals surface area contributed by atoms with Crippen molar-refractivity contribution < 1.29 is 17.6 Å². The average molecular weight is 217 g/mol. The van der Waals surface area contributed by atoms with Gasteiger partial charge in [-0.1, -0.05) is 0 Å². The highest BCUT2D eigenvalue weighted by atomic mass is 19.4. The Morgan fingerprint density at radius 1 is 1.40 bits per heavy atom. The molecule has 0 radical (unpaired) electrons. The summed E-state index contributed by atoms with van der Waals surface area (Å²) in [7, 11) is 1.65. The van der Waals surface area contributed by atoms with Gasteiger partial charge in [0.25, 0.3) is 0 Å². The first-order chi connectivity index (χ1) is 6.97. The third-order valence-corrected chi connectivity index (χ3v) is 1.73. The SMILES string of the molecule is Cn1ccc(-c2nc(C(F)(F)F)co2)n1. The van der Waals surface area contributed by atoms with E-state index in [0.29, 0.717) is 6.26 Å². The molecule has 2 rings (SSSR count). The van der Waals surface area contributed by atoms with Crippen LogP contribution in [0.15, 0.2) is 22.9 Å². The van der Waals surface area contributed by atoms with Gasteiger partial charge < -0.3 is 4.42 Å². The zero-order chi connectivity index (χ0) is 11.1. The number of nitrogens with zero attached hydrogens (tertiary/aromatic N) is 3. The topological polar surface area (TPSA) is 43.9 Å². The maximum atomic E-state index is 12.2. The number of halogens is 3. The lowest BCUT2D eigenvalue weighted by Gasteiger charge is -1.97. The molecular weight excluding hydrogens is 211 g/mol. The highest BCUT2D eigenvalue weighted by molar-refractivity contribution is 5.45. The molecule has 0 bridgehead atoms. The number of oxazole rings is 1. The molecule has 0 spiro atoms. The fourth-order valence-electron chi connectivity index (χ4n) is 1.05. The van der Waals surface area contributed by atoms with Crippen LogP contribution >= 0.6 is 0 Å². The van der Waals surface area contributed by atoms with Crippen molar-refractivity contribution in [3.8, 4) is 11.6 Å². The van der Waals surface area contributed by atoms with E-state index >= 15 is 0 Å². The van der Waals surface area contributed by atoms with Crippen molar-refractivity contribution in [2.45, 2.75) is 6.18 Å². The second-order valence-corrected chi connectivity index (χ2v) is 2.91. The monoisotopic (exact) mass is 217 g/mol. The van der Waals surface area contributed by atoms with E-state index in [9.17, 15) is 13.2 Å². The molecule has 0 unspecified atom stereocenters. The van der Waals surface area contributed by atoms with Crippen molar-refractivity contribution in [2.24, 2.45) is 7.05 Å². The smallest absolute Gasteiger partial charge is 0.436 e. The lowest BCUT2D eigenvalue weighted by molar-refractivity contribution is -0.141. The predicted octanol–water partition coefficient (Wildman–Crippen LogP) is 2.09. The highest BCUT2D eigenvalue weighted by Gasteiger charge is 2.35. The van der Waals surface area contributed by atoms with Crippen LogP contribution in [-0.2, 0) is 13.2 Å². The third kappa shape index (κ3) is 1.85. The molecule has 0 N–H and O–H groups in total. The van der Waals surface area contributed by atoms with Gasteiger partial charge in [0.1, 0.15) is 12.0 Å². The first-order valence-electron chi connectivity index (χ1n) is 3.99. The molecule has 0 aromatic carbocycles. The molecule has 2 heterocycles. The Hall–Kier alpha value is -1.79. The van der Waals surface area contributed by atoms with E-state index in [2.05, 4.69) is 14.5 Å². The van der Waals surface area contributed by atoms with Crippen molar-refractivity contribution in [3.05, 3.63) is 24.2 Å². The molecule has 2 aromatic heterocycles. The number of hydrogen-bond acceptors (Lipinski definition) is 3. The van der Waals surface area contributed by atoms with E-state index < -0.39 is 11.9 Å². The van der Waals surface area contributed by atoms with Gasteiger partial charge in [-0.25, -0.2) is 4.98 Å². The minimum atomic E-state index is -4.49. The number of aromatic nitrogens is 3. The Morgan fingerprint density at radius 3 is 2.60 bits per heavy atom. The van der Waals surface area contributed by atoms with E-state index in [1.165, 1.54) is 10.7 Å². The van der Waals surface area contributed by atoms with Gasteiger partial charge in [0.15, 0.2) is 5.69 Å². The molecule has 0 aliphatic carbocycles. The summed E-state index contributed by atoms with van der Waals surface area (Å²) in [6.45, 7) is 0. The van der Waals surface area contributed by atoms with Gasteiger partial charge in [-0.3, -0.25) is 4.68 Å². The molecular formula is C8H6F3N3O. The Balaban J connectivity index is 2.36. The average Bonchev–Trinajstić information content (AvgIpc) is 2.69. The third-order valence-electron chi connectivity index (χ3n) is 1.73. The summed E-state index contributed by atoms with van der Waals surface area (Å²) in [5, 5.41) is 3.87. The zero-order valence-corrected chi connectivity index (χ0v) is 7.62. The summed E-state index contributed by atoms with van der Waals surface area (Å²) in [6, 6.07) is 1.52. The number of hydrogen-bond donors (Lipinski definition) is 0. The van der Waals surface area contributed by atoms with Crippen molar-refractivity contribution >= 4 is 0 Å². The summed E-state index contributed by atoms with van der Waals surface area (Å²) in [4.78, 5) is 3.30. The van der Waals surface area contributed by atoms with Gasteiger partial charge in [-0.15, -0.1) is 0 Å². The van der Waals surface area contributed by atoms with Gasteiger partial charge in [-0.2, -0.15) is 18.3 Å². The molecule has 0 saturated heterocycles. The van der Waals surface area contributed by atoms with Gasteiger partial charge in [-0.05, 0) is 6.07 Å². The van der Waals surface area contributed by atoms with Crippen LogP contribution in [0, 0.1) is 0 Å². The Morgan fingerprint density at radius 2 is 2.13 bits per heavy atom. The fraction of sp³-hybridized carbons (Fsp3) is 0.250. The normalized spacial score (nSPS) is 12.0. The second-order valence-electron chi connectivity index (χ2n) is 2.91. The maximum Gasteiger partial charge on any atom is 0.436 e. The lowest BCUT2D eigenvalue weighted by atomic mass is 10.4. The molecule has 4 nitrogen and oxygen atoms in total. The molecule has 80 valence electrons. The van der Waals surface area contributed by atoms with Crippen molar-refractivity contribution in [1.82, 2.24) is 14.8 Å². The maximum absolute atomic E-state index is 12.2. The van der Waals surface area contributed by atoms with Crippen LogP contribution in [0.2, 0.25) is 0 Å². The van der Waals surface area contributed by atoms with Crippen LogP contribution in [0.3, 0.4) is 0 Å². The van der Waals surface area contributed by atoms with E-state index in [-0.39, 0.29) is 11.6 Å². The van der Waals surface area contributed by atoms with Crippen LogP contribution < -0.4 is 0 Å². The van der Waals surface area contributed by atoms with E-state index in [1.807, 2.05) is 0 Å². The summed E-state index contributed by atoms with van der Waals surface area (Å²) in [5.41, 5.74) is -0.781. The quantitative estimate of drug-likeness (QED) is 0.734. The van der Waals surface area contributed by atoms with Crippen molar-refractivity contribution in [2.75, 3.05) is 0 Å². The van der Waals surface area contributed by atoms with E-state index in [0.717, 1.165) is 0 Å². The predicted molar refractivity (Wildman–Crippen MR) is 43.7 cm³/mol. The summed E-state index contributed by atoms with van der Waals surface area (Å²) in [5.74, 6) is -0.136. The highest BCUT2D eigenvalue weighted by Crippen LogP contribution is 2.30. The number of rotatable bonds is 1. The van der Waals surface area contributed by atoms with Crippen LogP contribution in [0.4, 0.5) is 13.2 Å². The molecule has 0 fully saturated rings. The van der Waals surface area contributed by atoms with Crippen LogP contribution in [0.5, 0.6) is 0 Å². The molecule has 0 amide bonds. The van der Waals surface area contributed by atoms with Crippen LogP contribution in [0.25, 0.3) is 11.6 Å². The van der Waals surface area contributed by atoms with Crippen LogP contribution in [0.1, 0.15) is 5.69 Å². The summed E-state index contributed by atoms with van der Waals surface area (Å²) < 4.78 is 42.7.